The van der Waals surface area contributed by atoms with Crippen LogP contribution in [-0.4, -0.2) is 74.1 Å². The second kappa shape index (κ2) is 6.09. The van der Waals surface area contributed by atoms with E-state index in [2.05, 4.69) is 4.18 Å². The van der Waals surface area contributed by atoms with Crippen molar-refractivity contribution in [2.24, 2.45) is 0 Å². The van der Waals surface area contributed by atoms with E-state index in [0.29, 0.717) is 0 Å². The molecular formula is C8H14O10S. The maximum absolute atomic E-state index is 10.9. The van der Waals surface area contributed by atoms with E-state index in [9.17, 15) is 18.3 Å². The fraction of sp³-hybridized carbons (Fsp3) is 0.875. The molecule has 19 heavy (non-hydrogen) atoms. The molecule has 3 N–H and O–H groups in total. The highest BCUT2D eigenvalue weighted by molar-refractivity contribution is 7.80. The molecule has 0 bridgehead atoms. The summed E-state index contributed by atoms with van der Waals surface area (Å²) in [7, 11) is -2.70. The average molecular weight is 302 g/mol. The van der Waals surface area contributed by atoms with E-state index in [1.54, 1.807) is 0 Å². The van der Waals surface area contributed by atoms with Crippen molar-refractivity contribution in [2.75, 3.05) is 14.2 Å². The maximum Gasteiger partial charge on any atom is 0.397 e. The van der Waals surface area contributed by atoms with Gasteiger partial charge in [0.25, 0.3) is 0 Å². The molecule has 0 amide bonds. The van der Waals surface area contributed by atoms with Gasteiger partial charge in [0.15, 0.2) is 18.5 Å². The van der Waals surface area contributed by atoms with Gasteiger partial charge >= 0.3 is 16.4 Å². The maximum atomic E-state index is 10.9. The Kier molecular flexibility index (Phi) is 5.20. The lowest BCUT2D eigenvalue weighted by molar-refractivity contribution is -0.285. The minimum atomic E-state index is -4.89. The Morgan fingerprint density at radius 3 is 2.16 bits per heavy atom. The number of carbonyl (C=O) groups is 1. The molecule has 0 radical (unpaired) electrons. The molecule has 0 spiro atoms. The second-order valence-electron chi connectivity index (χ2n) is 3.68. The number of rotatable bonds is 5. The average Bonchev–Trinajstić information content (AvgIpc) is 2.29. The number of carboxylic acid groups (broad SMARTS) is 1. The molecule has 0 aromatic rings. The highest BCUT2D eigenvalue weighted by Crippen LogP contribution is 2.26. The Morgan fingerprint density at radius 1 is 1.21 bits per heavy atom. The van der Waals surface area contributed by atoms with Gasteiger partial charge in [-0.1, -0.05) is 0 Å². The fourth-order valence-corrected chi connectivity index (χ4v) is 2.21. The van der Waals surface area contributed by atoms with Gasteiger partial charge in [-0.2, -0.15) is 8.42 Å². The van der Waals surface area contributed by atoms with E-state index in [0.717, 1.165) is 14.2 Å². The molecule has 1 aliphatic heterocycles. The van der Waals surface area contributed by atoms with Crippen LogP contribution in [0.1, 0.15) is 0 Å². The largest absolute Gasteiger partial charge is 0.479 e. The molecular weight excluding hydrogens is 288 g/mol. The van der Waals surface area contributed by atoms with Crippen molar-refractivity contribution < 1.29 is 46.4 Å². The minimum absolute atomic E-state index is 1.09. The van der Waals surface area contributed by atoms with E-state index < -0.39 is 47.1 Å². The minimum Gasteiger partial charge on any atom is -0.479 e. The van der Waals surface area contributed by atoms with Crippen LogP contribution in [0.25, 0.3) is 0 Å². The summed E-state index contributed by atoms with van der Waals surface area (Å²) in [6.45, 7) is 0. The number of aliphatic carboxylic acids is 1. The first-order chi connectivity index (χ1) is 8.71. The highest BCUT2D eigenvalue weighted by atomic mass is 32.3. The molecule has 0 aromatic carbocycles. The lowest BCUT2D eigenvalue weighted by atomic mass is 9.99. The van der Waals surface area contributed by atoms with Crippen molar-refractivity contribution in [1.29, 1.82) is 0 Å². The van der Waals surface area contributed by atoms with Crippen molar-refractivity contribution >= 4 is 16.4 Å². The van der Waals surface area contributed by atoms with E-state index in [1.807, 2.05) is 0 Å². The van der Waals surface area contributed by atoms with Crippen molar-refractivity contribution in [3.63, 3.8) is 0 Å². The van der Waals surface area contributed by atoms with E-state index >= 15 is 0 Å². The molecule has 1 rings (SSSR count). The van der Waals surface area contributed by atoms with Crippen molar-refractivity contribution in [2.45, 2.75) is 30.7 Å². The van der Waals surface area contributed by atoms with Gasteiger partial charge in [-0.15, -0.1) is 0 Å². The summed E-state index contributed by atoms with van der Waals surface area (Å²) in [6, 6.07) is 0. The van der Waals surface area contributed by atoms with Crippen LogP contribution in [0, 0.1) is 0 Å². The fourth-order valence-electron chi connectivity index (χ4n) is 1.72. The van der Waals surface area contributed by atoms with Gasteiger partial charge in [-0.3, -0.25) is 4.55 Å². The third kappa shape index (κ3) is 3.82. The van der Waals surface area contributed by atoms with Gasteiger partial charge in [-0.25, -0.2) is 8.98 Å². The molecule has 1 fully saturated rings. The summed E-state index contributed by atoms with van der Waals surface area (Å²) >= 11 is 0. The zero-order valence-corrected chi connectivity index (χ0v) is 10.8. The quantitative estimate of drug-likeness (QED) is 0.487. The number of methoxy groups -OCH3 is 2. The number of hydrogen-bond acceptors (Lipinski definition) is 8. The summed E-state index contributed by atoms with van der Waals surface area (Å²) in [6.07, 6.45) is -7.85. The summed E-state index contributed by atoms with van der Waals surface area (Å²) in [5.41, 5.74) is 0. The molecule has 0 saturated carbocycles. The van der Waals surface area contributed by atoms with Gasteiger partial charge < -0.3 is 24.4 Å². The van der Waals surface area contributed by atoms with Crippen LogP contribution in [0.3, 0.4) is 0 Å². The third-order valence-electron chi connectivity index (χ3n) is 2.50. The van der Waals surface area contributed by atoms with Crippen molar-refractivity contribution in [3.05, 3.63) is 0 Å². The van der Waals surface area contributed by atoms with Gasteiger partial charge in [0.2, 0.25) is 0 Å². The van der Waals surface area contributed by atoms with Crippen LogP contribution in [0.5, 0.6) is 0 Å². The monoisotopic (exact) mass is 302 g/mol. The van der Waals surface area contributed by atoms with Crippen LogP contribution in [0.15, 0.2) is 0 Å². The number of aliphatic hydroxyl groups excluding tert-OH is 1. The number of ether oxygens (including phenoxy) is 3. The lowest BCUT2D eigenvalue weighted by Crippen LogP contribution is -2.61. The first kappa shape index (κ1) is 16.2. The predicted octanol–water partition coefficient (Wildman–Crippen LogP) is -1.99. The smallest absolute Gasteiger partial charge is 0.397 e. The van der Waals surface area contributed by atoms with Crippen LogP contribution in [-0.2, 0) is 33.6 Å². The molecule has 0 aliphatic carbocycles. The van der Waals surface area contributed by atoms with Crippen molar-refractivity contribution in [3.8, 4) is 0 Å². The molecule has 11 heteroatoms. The van der Waals surface area contributed by atoms with Crippen molar-refractivity contribution in [1.82, 2.24) is 0 Å². The third-order valence-corrected chi connectivity index (χ3v) is 2.97. The first-order valence-corrected chi connectivity index (χ1v) is 6.35. The Balaban J connectivity index is 3.02. The molecule has 1 heterocycles. The molecule has 5 atom stereocenters. The Labute approximate surface area is 108 Å². The Hall–Kier alpha value is -0.820. The normalized spacial score (nSPS) is 36.1. The van der Waals surface area contributed by atoms with Gasteiger partial charge in [0.05, 0.1) is 0 Å². The molecule has 1 saturated heterocycles. The number of carboxylic acids is 1. The van der Waals surface area contributed by atoms with E-state index in [-0.39, 0.29) is 0 Å². The molecule has 1 aliphatic rings. The highest BCUT2D eigenvalue weighted by Gasteiger charge is 2.51. The van der Waals surface area contributed by atoms with Crippen LogP contribution >= 0.6 is 0 Å². The first-order valence-electron chi connectivity index (χ1n) is 4.99. The number of hydrogen-bond donors (Lipinski definition) is 3. The molecule has 2 unspecified atom stereocenters. The molecule has 10 nitrogen and oxygen atoms in total. The van der Waals surface area contributed by atoms with Crippen LogP contribution in [0.4, 0.5) is 0 Å². The van der Waals surface area contributed by atoms with Gasteiger partial charge in [0, 0.05) is 14.2 Å². The lowest BCUT2D eigenvalue weighted by Gasteiger charge is -2.40. The van der Waals surface area contributed by atoms with Crippen LogP contribution in [0.2, 0.25) is 0 Å². The molecule has 0 aromatic heterocycles. The Bertz CT molecular complexity index is 419. The standard InChI is InChI=1S/C8H14O10S/c1-15-4-3(9)5(18-19(12,13)14)8(16-2)17-6(4)7(10)11/h3-6,8-9H,1-2H3,(H,10,11)(H,12,13,14)/t3-,4+,5?,6?,8-/m1/s1. The van der Waals surface area contributed by atoms with Crippen LogP contribution < -0.4 is 0 Å². The SMILES string of the molecule is CO[C@@H]1OC(C(=O)O)[C@@H](OC)[C@@H](O)C1OS(=O)(=O)O. The predicted molar refractivity (Wildman–Crippen MR) is 56.5 cm³/mol. The topological polar surface area (TPSA) is 149 Å². The summed E-state index contributed by atoms with van der Waals surface area (Å²) in [5.74, 6) is -1.43. The summed E-state index contributed by atoms with van der Waals surface area (Å²) in [4.78, 5) is 10.9. The summed E-state index contributed by atoms with van der Waals surface area (Å²) in [5, 5.41) is 18.8. The Morgan fingerprint density at radius 2 is 1.79 bits per heavy atom. The summed E-state index contributed by atoms with van der Waals surface area (Å²) < 4.78 is 48.5. The van der Waals surface area contributed by atoms with E-state index in [1.165, 1.54) is 0 Å². The zero-order valence-electron chi connectivity index (χ0n) is 9.99. The zero-order chi connectivity index (χ0) is 14.8. The second-order valence-corrected chi connectivity index (χ2v) is 4.73. The molecule has 112 valence electrons. The number of aliphatic hydroxyl groups is 1. The van der Waals surface area contributed by atoms with Gasteiger partial charge in [0.1, 0.15) is 12.2 Å². The van der Waals surface area contributed by atoms with Gasteiger partial charge in [-0.05, 0) is 0 Å². The van der Waals surface area contributed by atoms with E-state index in [4.69, 9.17) is 23.9 Å².